The Hall–Kier alpha value is -0.740. The Labute approximate surface area is 66.1 Å². The standard InChI is InChI=1S/C7H14O4/c1-3-10-7(11-4-2)6(9)5-8/h5,7-9H,3-4H2,1-2H3. The number of aliphatic hydroxyl groups excluding tert-OH is 2. The Morgan fingerprint density at radius 2 is 1.82 bits per heavy atom. The first-order chi connectivity index (χ1) is 5.26. The van der Waals surface area contributed by atoms with Gasteiger partial charge in [-0.3, -0.25) is 0 Å². The van der Waals surface area contributed by atoms with E-state index in [0.717, 1.165) is 0 Å². The normalized spacial score (nSPS) is 12.5. The quantitative estimate of drug-likeness (QED) is 0.473. The van der Waals surface area contributed by atoms with Crippen molar-refractivity contribution in [1.82, 2.24) is 0 Å². The highest BCUT2D eigenvalue weighted by Gasteiger charge is 2.12. The van der Waals surface area contributed by atoms with Crippen molar-refractivity contribution in [1.29, 1.82) is 0 Å². The lowest BCUT2D eigenvalue weighted by atomic mass is 10.5. The maximum absolute atomic E-state index is 8.94. The van der Waals surface area contributed by atoms with Gasteiger partial charge in [0.05, 0.1) is 0 Å². The highest BCUT2D eigenvalue weighted by Crippen LogP contribution is 2.04. The summed E-state index contributed by atoms with van der Waals surface area (Å²) < 4.78 is 9.87. The van der Waals surface area contributed by atoms with Gasteiger partial charge in [0, 0.05) is 13.2 Å². The van der Waals surface area contributed by atoms with Crippen molar-refractivity contribution in [3.05, 3.63) is 12.0 Å². The third kappa shape index (κ3) is 3.85. The molecular weight excluding hydrogens is 148 g/mol. The molecule has 0 aliphatic carbocycles. The third-order valence-electron chi connectivity index (χ3n) is 1.01. The summed E-state index contributed by atoms with van der Waals surface area (Å²) in [6, 6.07) is 0. The first kappa shape index (κ1) is 10.3. The van der Waals surface area contributed by atoms with E-state index in [2.05, 4.69) is 0 Å². The summed E-state index contributed by atoms with van der Waals surface area (Å²) in [7, 11) is 0. The van der Waals surface area contributed by atoms with E-state index in [1.165, 1.54) is 0 Å². The lowest BCUT2D eigenvalue weighted by molar-refractivity contribution is -0.131. The Balaban J connectivity index is 3.87. The predicted molar refractivity (Wildman–Crippen MR) is 40.4 cm³/mol. The van der Waals surface area contributed by atoms with E-state index in [9.17, 15) is 0 Å². The smallest absolute Gasteiger partial charge is 0.219 e. The van der Waals surface area contributed by atoms with Crippen molar-refractivity contribution in [2.75, 3.05) is 13.2 Å². The Bertz CT molecular complexity index is 116. The molecule has 4 heteroatoms. The second kappa shape index (κ2) is 6.00. The predicted octanol–water partition coefficient (Wildman–Crippen LogP) is 1.34. The molecule has 0 aliphatic rings. The largest absolute Gasteiger partial charge is 0.512 e. The van der Waals surface area contributed by atoms with E-state index in [-0.39, 0.29) is 5.76 Å². The SMILES string of the molecule is CCOC(OCC)C(O)=CO. The van der Waals surface area contributed by atoms with Gasteiger partial charge in [0.15, 0.2) is 5.76 Å². The van der Waals surface area contributed by atoms with E-state index in [1.54, 1.807) is 13.8 Å². The van der Waals surface area contributed by atoms with Crippen LogP contribution >= 0.6 is 0 Å². The number of aliphatic hydroxyl groups is 2. The first-order valence-electron chi connectivity index (χ1n) is 3.52. The Kier molecular flexibility index (Phi) is 5.60. The first-order valence-corrected chi connectivity index (χ1v) is 3.52. The zero-order chi connectivity index (χ0) is 8.69. The molecule has 0 saturated heterocycles. The Morgan fingerprint density at radius 3 is 2.09 bits per heavy atom. The van der Waals surface area contributed by atoms with E-state index in [4.69, 9.17) is 19.7 Å². The van der Waals surface area contributed by atoms with Crippen LogP contribution in [0.2, 0.25) is 0 Å². The molecule has 11 heavy (non-hydrogen) atoms. The molecule has 0 aromatic rings. The fourth-order valence-corrected chi connectivity index (χ4v) is 0.582. The summed E-state index contributed by atoms with van der Waals surface area (Å²) >= 11 is 0. The summed E-state index contributed by atoms with van der Waals surface area (Å²) in [5, 5.41) is 17.3. The molecule has 4 nitrogen and oxygen atoms in total. The van der Waals surface area contributed by atoms with Gasteiger partial charge in [-0.15, -0.1) is 0 Å². The molecule has 0 spiro atoms. The van der Waals surface area contributed by atoms with Gasteiger partial charge >= 0.3 is 0 Å². The van der Waals surface area contributed by atoms with Gasteiger partial charge in [-0.2, -0.15) is 0 Å². The molecule has 0 fully saturated rings. The molecule has 0 bridgehead atoms. The van der Waals surface area contributed by atoms with Crippen molar-refractivity contribution >= 4 is 0 Å². The van der Waals surface area contributed by atoms with Crippen LogP contribution in [0.3, 0.4) is 0 Å². The monoisotopic (exact) mass is 162 g/mol. The molecule has 0 aliphatic heterocycles. The van der Waals surface area contributed by atoms with E-state index >= 15 is 0 Å². The minimum atomic E-state index is -0.838. The average molecular weight is 162 g/mol. The van der Waals surface area contributed by atoms with Crippen LogP contribution in [-0.4, -0.2) is 29.7 Å². The number of ether oxygens (including phenoxy) is 2. The molecule has 0 heterocycles. The van der Waals surface area contributed by atoms with Crippen LogP contribution in [0.5, 0.6) is 0 Å². The van der Waals surface area contributed by atoms with Crippen molar-refractivity contribution in [3.8, 4) is 0 Å². The van der Waals surface area contributed by atoms with E-state index in [0.29, 0.717) is 19.5 Å². The minimum Gasteiger partial charge on any atom is -0.512 e. The molecule has 66 valence electrons. The maximum Gasteiger partial charge on any atom is 0.219 e. The number of hydrogen-bond donors (Lipinski definition) is 2. The van der Waals surface area contributed by atoms with Gasteiger partial charge in [-0.1, -0.05) is 0 Å². The Morgan fingerprint density at radius 1 is 1.36 bits per heavy atom. The highest BCUT2D eigenvalue weighted by atomic mass is 16.7. The van der Waals surface area contributed by atoms with Crippen LogP contribution in [0.15, 0.2) is 12.0 Å². The maximum atomic E-state index is 8.94. The second-order valence-corrected chi connectivity index (χ2v) is 1.80. The summed E-state index contributed by atoms with van der Waals surface area (Å²) in [5.41, 5.74) is 0. The van der Waals surface area contributed by atoms with Crippen LogP contribution in [-0.2, 0) is 9.47 Å². The van der Waals surface area contributed by atoms with Gasteiger partial charge in [-0.25, -0.2) is 0 Å². The summed E-state index contributed by atoms with van der Waals surface area (Å²) in [4.78, 5) is 0. The molecule has 0 aromatic carbocycles. The summed E-state index contributed by atoms with van der Waals surface area (Å²) in [6.45, 7) is 4.39. The molecule has 0 aromatic heterocycles. The molecule has 2 N–H and O–H groups in total. The molecular formula is C7H14O4. The molecule has 0 atom stereocenters. The molecule has 0 rings (SSSR count). The van der Waals surface area contributed by atoms with E-state index < -0.39 is 6.29 Å². The van der Waals surface area contributed by atoms with Crippen molar-refractivity contribution in [3.63, 3.8) is 0 Å². The minimum absolute atomic E-state index is 0.311. The van der Waals surface area contributed by atoms with Crippen molar-refractivity contribution in [2.45, 2.75) is 20.1 Å². The average Bonchev–Trinajstić information content (AvgIpc) is 2.03. The lowest BCUT2D eigenvalue weighted by Gasteiger charge is -2.14. The molecule has 0 unspecified atom stereocenters. The van der Waals surface area contributed by atoms with Gasteiger partial charge in [0.1, 0.15) is 6.26 Å². The van der Waals surface area contributed by atoms with Crippen molar-refractivity contribution < 1.29 is 19.7 Å². The van der Waals surface area contributed by atoms with Crippen LogP contribution < -0.4 is 0 Å². The van der Waals surface area contributed by atoms with Crippen LogP contribution in [0.1, 0.15) is 13.8 Å². The zero-order valence-electron chi connectivity index (χ0n) is 6.78. The topological polar surface area (TPSA) is 58.9 Å². The third-order valence-corrected chi connectivity index (χ3v) is 1.01. The van der Waals surface area contributed by atoms with Crippen LogP contribution in [0.4, 0.5) is 0 Å². The fourth-order valence-electron chi connectivity index (χ4n) is 0.582. The number of rotatable bonds is 5. The zero-order valence-corrected chi connectivity index (χ0v) is 6.78. The van der Waals surface area contributed by atoms with Crippen LogP contribution in [0, 0.1) is 0 Å². The fraction of sp³-hybridized carbons (Fsp3) is 0.714. The van der Waals surface area contributed by atoms with E-state index in [1.807, 2.05) is 0 Å². The van der Waals surface area contributed by atoms with Gasteiger partial charge in [0.25, 0.3) is 0 Å². The van der Waals surface area contributed by atoms with Crippen LogP contribution in [0.25, 0.3) is 0 Å². The van der Waals surface area contributed by atoms with Gasteiger partial charge in [0.2, 0.25) is 6.29 Å². The van der Waals surface area contributed by atoms with Gasteiger partial charge in [-0.05, 0) is 13.8 Å². The highest BCUT2D eigenvalue weighted by molar-refractivity contribution is 4.87. The molecule has 0 amide bonds. The van der Waals surface area contributed by atoms with Crippen molar-refractivity contribution in [2.24, 2.45) is 0 Å². The summed E-state index contributed by atoms with van der Waals surface area (Å²) in [6.07, 6.45) is -0.273. The summed E-state index contributed by atoms with van der Waals surface area (Å²) in [5.74, 6) is -0.311. The van der Waals surface area contributed by atoms with Gasteiger partial charge < -0.3 is 19.7 Å². The molecule has 0 saturated carbocycles. The molecule has 0 radical (unpaired) electrons. The number of hydrogen-bond acceptors (Lipinski definition) is 4. The lowest BCUT2D eigenvalue weighted by Crippen LogP contribution is -2.19. The second-order valence-electron chi connectivity index (χ2n) is 1.80.